The summed E-state index contributed by atoms with van der Waals surface area (Å²) >= 11 is 3.34. The third-order valence-corrected chi connectivity index (χ3v) is 3.43. The molecule has 0 radical (unpaired) electrons. The second-order valence-corrected chi connectivity index (χ2v) is 5.20. The fourth-order valence-electron chi connectivity index (χ4n) is 2.03. The molecule has 0 aliphatic heterocycles. The number of halogens is 1. The van der Waals surface area contributed by atoms with Gasteiger partial charge in [0.2, 0.25) is 0 Å². The van der Waals surface area contributed by atoms with E-state index in [1.165, 1.54) is 6.07 Å². The molecule has 106 valence electrons. The highest BCUT2D eigenvalue weighted by Gasteiger charge is 2.20. The first kappa shape index (κ1) is 15.0. The van der Waals surface area contributed by atoms with Crippen molar-refractivity contribution < 1.29 is 4.92 Å². The summed E-state index contributed by atoms with van der Waals surface area (Å²) in [5.74, 6) is 0. The van der Waals surface area contributed by atoms with Gasteiger partial charge in [-0.1, -0.05) is 34.1 Å². The van der Waals surface area contributed by atoms with Gasteiger partial charge in [-0.15, -0.1) is 0 Å². The summed E-state index contributed by atoms with van der Waals surface area (Å²) in [5, 5.41) is 20.1. The topological polar surface area (TPSA) is 70.2 Å². The van der Waals surface area contributed by atoms with Gasteiger partial charge >= 0.3 is 0 Å². The van der Waals surface area contributed by atoms with E-state index in [0.717, 1.165) is 10.2 Å². The molecule has 0 aliphatic carbocycles. The van der Waals surface area contributed by atoms with E-state index in [2.05, 4.69) is 22.0 Å². The largest absolute Gasteiger partial charge is 0.335 e. The summed E-state index contributed by atoms with van der Waals surface area (Å²) < 4.78 is 0.751. The average Bonchev–Trinajstić information content (AvgIpc) is 2.48. The molecular formula is C15H12BrN3O2. The van der Waals surface area contributed by atoms with Crippen LogP contribution in [0.25, 0.3) is 0 Å². The summed E-state index contributed by atoms with van der Waals surface area (Å²) in [5.41, 5.74) is 1.30. The normalized spacial score (nSPS) is 9.90. The molecule has 0 amide bonds. The second-order valence-electron chi connectivity index (χ2n) is 4.29. The van der Waals surface area contributed by atoms with Crippen LogP contribution in [0.15, 0.2) is 53.0 Å². The number of rotatable bonds is 5. The molecule has 0 aliphatic rings. The molecule has 0 aromatic heterocycles. The van der Waals surface area contributed by atoms with Crippen molar-refractivity contribution in [3.05, 3.63) is 63.1 Å². The molecule has 2 aromatic carbocycles. The monoisotopic (exact) mass is 345 g/mol. The summed E-state index contributed by atoms with van der Waals surface area (Å²) in [7, 11) is 0. The van der Waals surface area contributed by atoms with E-state index < -0.39 is 4.92 Å². The predicted molar refractivity (Wildman–Crippen MR) is 84.5 cm³/mol. The Labute approximate surface area is 130 Å². The van der Waals surface area contributed by atoms with Crippen LogP contribution in [0.1, 0.15) is 6.42 Å². The highest BCUT2D eigenvalue weighted by atomic mass is 79.9. The zero-order valence-electron chi connectivity index (χ0n) is 11.1. The summed E-state index contributed by atoms with van der Waals surface area (Å²) in [6, 6.07) is 16.2. The van der Waals surface area contributed by atoms with Crippen molar-refractivity contribution in [1.82, 2.24) is 0 Å². The van der Waals surface area contributed by atoms with Crippen LogP contribution < -0.4 is 4.90 Å². The maximum atomic E-state index is 11.2. The molecule has 5 nitrogen and oxygen atoms in total. The van der Waals surface area contributed by atoms with Crippen LogP contribution in [0.2, 0.25) is 0 Å². The van der Waals surface area contributed by atoms with Crippen molar-refractivity contribution in [2.45, 2.75) is 6.42 Å². The minimum absolute atomic E-state index is 0.0139. The molecule has 0 atom stereocenters. The maximum absolute atomic E-state index is 11.2. The van der Waals surface area contributed by atoms with Gasteiger partial charge in [-0.05, 0) is 24.3 Å². The van der Waals surface area contributed by atoms with Crippen molar-refractivity contribution in [2.24, 2.45) is 0 Å². The van der Waals surface area contributed by atoms with Crippen LogP contribution in [-0.4, -0.2) is 11.5 Å². The van der Waals surface area contributed by atoms with Crippen LogP contribution >= 0.6 is 15.9 Å². The van der Waals surface area contributed by atoms with Crippen molar-refractivity contribution in [2.75, 3.05) is 11.4 Å². The van der Waals surface area contributed by atoms with Crippen molar-refractivity contribution in [1.29, 1.82) is 5.26 Å². The Bertz CT molecular complexity index is 683. The van der Waals surface area contributed by atoms with Crippen LogP contribution in [0, 0.1) is 21.4 Å². The zero-order valence-corrected chi connectivity index (χ0v) is 12.7. The molecule has 0 fully saturated rings. The first-order chi connectivity index (χ1) is 10.1. The van der Waals surface area contributed by atoms with Crippen molar-refractivity contribution in [3.63, 3.8) is 0 Å². The Balaban J connectivity index is 2.53. The van der Waals surface area contributed by atoms with Crippen molar-refractivity contribution >= 4 is 33.0 Å². The van der Waals surface area contributed by atoms with Crippen molar-refractivity contribution in [3.8, 4) is 6.07 Å². The lowest BCUT2D eigenvalue weighted by Gasteiger charge is -2.23. The Morgan fingerprint density at radius 2 is 1.95 bits per heavy atom. The first-order valence-corrected chi connectivity index (χ1v) is 7.06. The Hall–Kier alpha value is -2.39. The van der Waals surface area contributed by atoms with Crippen LogP contribution in [0.4, 0.5) is 17.1 Å². The molecule has 0 N–H and O–H groups in total. The van der Waals surface area contributed by atoms with Gasteiger partial charge in [0.15, 0.2) is 0 Å². The van der Waals surface area contributed by atoms with Gasteiger partial charge in [0, 0.05) is 22.8 Å². The Morgan fingerprint density at radius 1 is 1.24 bits per heavy atom. The number of hydrogen-bond donors (Lipinski definition) is 0. The van der Waals surface area contributed by atoms with E-state index in [4.69, 9.17) is 5.26 Å². The van der Waals surface area contributed by atoms with Gasteiger partial charge in [0.1, 0.15) is 5.69 Å². The van der Waals surface area contributed by atoms with Gasteiger partial charge in [-0.3, -0.25) is 10.1 Å². The van der Waals surface area contributed by atoms with Gasteiger partial charge in [-0.25, -0.2) is 0 Å². The molecule has 0 saturated carbocycles. The van der Waals surface area contributed by atoms with Crippen LogP contribution in [-0.2, 0) is 0 Å². The lowest BCUT2D eigenvalue weighted by Crippen LogP contribution is -2.19. The van der Waals surface area contributed by atoms with E-state index >= 15 is 0 Å². The van der Waals surface area contributed by atoms with E-state index in [1.807, 2.05) is 30.3 Å². The molecule has 0 heterocycles. The number of nitriles is 1. The molecule has 0 spiro atoms. The standard InChI is InChI=1S/C15H12BrN3O2/c16-12-7-8-14(19(20)21)15(11-12)18(10-4-9-17)13-5-2-1-3-6-13/h1-3,5-8,11H,4,10H2. The SMILES string of the molecule is N#CCCN(c1ccccc1)c1cc(Br)ccc1[N+](=O)[O-]. The van der Waals surface area contributed by atoms with E-state index in [0.29, 0.717) is 12.2 Å². The number of benzene rings is 2. The fourth-order valence-corrected chi connectivity index (χ4v) is 2.37. The molecular weight excluding hydrogens is 334 g/mol. The van der Waals surface area contributed by atoms with Crippen LogP contribution in [0.5, 0.6) is 0 Å². The van der Waals surface area contributed by atoms with Gasteiger partial charge < -0.3 is 4.90 Å². The molecule has 2 aromatic rings. The Morgan fingerprint density at radius 3 is 2.57 bits per heavy atom. The molecule has 2 rings (SSSR count). The first-order valence-electron chi connectivity index (χ1n) is 6.27. The fraction of sp³-hybridized carbons (Fsp3) is 0.133. The molecule has 6 heteroatoms. The number of nitro groups is 1. The van der Waals surface area contributed by atoms with Gasteiger partial charge in [-0.2, -0.15) is 5.26 Å². The predicted octanol–water partition coefficient (Wildman–Crippen LogP) is 4.41. The van der Waals surface area contributed by atoms with Crippen LogP contribution in [0.3, 0.4) is 0 Å². The number of nitro benzene ring substituents is 1. The smallest absolute Gasteiger partial charge is 0.292 e. The number of hydrogen-bond acceptors (Lipinski definition) is 4. The van der Waals surface area contributed by atoms with E-state index in [1.54, 1.807) is 17.0 Å². The maximum Gasteiger partial charge on any atom is 0.292 e. The quantitative estimate of drug-likeness (QED) is 0.594. The lowest BCUT2D eigenvalue weighted by molar-refractivity contribution is -0.384. The number of anilines is 2. The summed E-state index contributed by atoms with van der Waals surface area (Å²) in [6.07, 6.45) is 0.276. The molecule has 21 heavy (non-hydrogen) atoms. The third kappa shape index (κ3) is 3.58. The second kappa shape index (κ2) is 6.86. The molecule has 0 bridgehead atoms. The van der Waals surface area contributed by atoms with Gasteiger partial charge in [0.25, 0.3) is 5.69 Å². The molecule has 0 saturated heterocycles. The average molecular weight is 346 g/mol. The molecule has 0 unspecified atom stereocenters. The summed E-state index contributed by atoms with van der Waals surface area (Å²) in [6.45, 7) is 0.387. The highest BCUT2D eigenvalue weighted by molar-refractivity contribution is 9.10. The minimum atomic E-state index is -0.413. The van der Waals surface area contributed by atoms with E-state index in [-0.39, 0.29) is 12.1 Å². The number of para-hydroxylation sites is 1. The highest BCUT2D eigenvalue weighted by Crippen LogP contribution is 2.35. The zero-order chi connectivity index (χ0) is 15.2. The van der Waals surface area contributed by atoms with E-state index in [9.17, 15) is 10.1 Å². The minimum Gasteiger partial charge on any atom is -0.335 e. The number of nitrogens with zero attached hydrogens (tertiary/aromatic N) is 3. The Kier molecular flexibility index (Phi) is 4.90. The van der Waals surface area contributed by atoms with Gasteiger partial charge in [0.05, 0.1) is 17.4 Å². The summed E-state index contributed by atoms with van der Waals surface area (Å²) in [4.78, 5) is 12.6. The lowest BCUT2D eigenvalue weighted by atomic mass is 10.2. The third-order valence-electron chi connectivity index (χ3n) is 2.94.